The van der Waals surface area contributed by atoms with E-state index in [-0.39, 0.29) is 24.0 Å². The highest BCUT2D eigenvalue weighted by Gasteiger charge is 2.41. The molecule has 28 heavy (non-hydrogen) atoms. The smallest absolute Gasteiger partial charge is 0.407 e. The van der Waals surface area contributed by atoms with Crippen LogP contribution in [-0.2, 0) is 9.53 Å². The van der Waals surface area contributed by atoms with Gasteiger partial charge in [0.05, 0.1) is 6.61 Å². The van der Waals surface area contributed by atoms with Gasteiger partial charge in [-0.15, -0.1) is 0 Å². The molecule has 2 fully saturated rings. The van der Waals surface area contributed by atoms with Gasteiger partial charge in [-0.3, -0.25) is 4.79 Å². The first-order valence-corrected chi connectivity index (χ1v) is 10.6. The second kappa shape index (κ2) is 8.54. The van der Waals surface area contributed by atoms with Crippen molar-refractivity contribution in [3.63, 3.8) is 0 Å². The molecule has 1 aromatic carbocycles. The van der Waals surface area contributed by atoms with Crippen molar-refractivity contribution in [3.05, 3.63) is 34.9 Å². The van der Waals surface area contributed by atoms with E-state index in [0.717, 1.165) is 12.8 Å². The number of amides is 2. The minimum absolute atomic E-state index is 0.0301. The Hall–Kier alpha value is -2.04. The summed E-state index contributed by atoms with van der Waals surface area (Å²) in [5, 5.41) is 2.81. The van der Waals surface area contributed by atoms with Crippen molar-refractivity contribution < 1.29 is 14.3 Å². The lowest BCUT2D eigenvalue weighted by atomic mass is 9.73. The molecule has 5 heteroatoms. The minimum Gasteiger partial charge on any atom is -0.450 e. The lowest BCUT2D eigenvalue weighted by Gasteiger charge is -2.45. The molecule has 1 N–H and O–H groups in total. The fourth-order valence-electron chi connectivity index (χ4n) is 4.33. The second-order valence-electron chi connectivity index (χ2n) is 8.83. The number of hydrogen-bond donors (Lipinski definition) is 1. The van der Waals surface area contributed by atoms with Crippen LogP contribution in [0.2, 0.25) is 0 Å². The summed E-state index contributed by atoms with van der Waals surface area (Å²) in [6, 6.07) is 7.32. The molecule has 0 atom stereocenters. The van der Waals surface area contributed by atoms with Crippen LogP contribution in [0.3, 0.4) is 0 Å². The second-order valence-corrected chi connectivity index (χ2v) is 8.83. The Kier molecular flexibility index (Phi) is 6.31. The van der Waals surface area contributed by atoms with Crippen LogP contribution < -0.4 is 5.32 Å². The summed E-state index contributed by atoms with van der Waals surface area (Å²) in [7, 11) is 1.94. The van der Waals surface area contributed by atoms with Gasteiger partial charge in [-0.1, -0.05) is 37.6 Å². The molecule has 0 heterocycles. The topological polar surface area (TPSA) is 58.6 Å². The average molecular weight is 387 g/mol. The van der Waals surface area contributed by atoms with Gasteiger partial charge in [0.1, 0.15) is 0 Å². The molecule has 2 aliphatic rings. The summed E-state index contributed by atoms with van der Waals surface area (Å²) in [5.74, 6) is 1.34. The first-order valence-electron chi connectivity index (χ1n) is 10.6. The number of nitrogens with zero attached hydrogens (tertiary/aromatic N) is 1. The third kappa shape index (κ3) is 4.50. The lowest BCUT2D eigenvalue weighted by molar-refractivity contribution is -0.141. The van der Waals surface area contributed by atoms with Gasteiger partial charge in [-0.05, 0) is 62.5 Å². The molecule has 0 aromatic heterocycles. The van der Waals surface area contributed by atoms with Crippen LogP contribution >= 0.6 is 0 Å². The highest BCUT2D eigenvalue weighted by molar-refractivity contribution is 5.80. The normalized spacial score (nSPS) is 26.2. The highest BCUT2D eigenvalue weighted by atomic mass is 16.5. The largest absolute Gasteiger partial charge is 0.450 e. The van der Waals surface area contributed by atoms with Crippen LogP contribution in [0, 0.1) is 12.8 Å². The number of alkyl carbamates (subject to hydrolysis) is 1. The van der Waals surface area contributed by atoms with E-state index < -0.39 is 0 Å². The summed E-state index contributed by atoms with van der Waals surface area (Å²) < 4.78 is 4.90. The minimum atomic E-state index is -0.382. The molecule has 0 saturated heterocycles. The number of nitrogens with one attached hydrogen (secondary N) is 1. The van der Waals surface area contributed by atoms with Crippen molar-refractivity contribution in [2.45, 2.75) is 77.3 Å². The molecule has 0 unspecified atom stereocenters. The van der Waals surface area contributed by atoms with Gasteiger partial charge in [0.15, 0.2) is 0 Å². The SMILES string of the molecule is CCOC(=O)N[C@H]1C[C@@H](C(=O)N(C)[C@H]2C[C@@H](c3cc(C)cc(C(C)C)c3)C2)C1. The van der Waals surface area contributed by atoms with Gasteiger partial charge in [-0.2, -0.15) is 0 Å². The quantitative estimate of drug-likeness (QED) is 0.791. The summed E-state index contributed by atoms with van der Waals surface area (Å²) >= 11 is 0. The molecule has 1 aromatic rings. The Morgan fingerprint density at radius 1 is 1.18 bits per heavy atom. The van der Waals surface area contributed by atoms with Crippen molar-refractivity contribution in [1.82, 2.24) is 10.2 Å². The monoisotopic (exact) mass is 386 g/mol. The van der Waals surface area contributed by atoms with Crippen LogP contribution in [-0.4, -0.2) is 42.6 Å². The van der Waals surface area contributed by atoms with E-state index in [1.165, 1.54) is 16.7 Å². The van der Waals surface area contributed by atoms with Crippen LogP contribution in [0.4, 0.5) is 4.79 Å². The van der Waals surface area contributed by atoms with Crippen LogP contribution in [0.1, 0.15) is 75.0 Å². The third-order valence-electron chi connectivity index (χ3n) is 6.35. The predicted octanol–water partition coefficient (Wildman–Crippen LogP) is 4.35. The third-order valence-corrected chi connectivity index (χ3v) is 6.35. The van der Waals surface area contributed by atoms with E-state index in [1.54, 1.807) is 6.92 Å². The molecule has 0 spiro atoms. The maximum atomic E-state index is 12.7. The molecule has 154 valence electrons. The number of carbonyl (C=O) groups is 2. The zero-order valence-corrected chi connectivity index (χ0v) is 17.8. The van der Waals surface area contributed by atoms with E-state index in [2.05, 4.69) is 44.3 Å². The van der Waals surface area contributed by atoms with Crippen molar-refractivity contribution in [1.29, 1.82) is 0 Å². The van der Waals surface area contributed by atoms with Gasteiger partial charge in [0, 0.05) is 25.0 Å². The first kappa shape index (κ1) is 20.7. The first-order chi connectivity index (χ1) is 13.3. The summed E-state index contributed by atoms with van der Waals surface area (Å²) in [6.07, 6.45) is 3.13. The maximum absolute atomic E-state index is 12.7. The van der Waals surface area contributed by atoms with Crippen molar-refractivity contribution >= 4 is 12.0 Å². The standard InChI is InChI=1S/C23H34N2O3/c1-6-28-23(27)24-20-10-19(11-20)22(26)25(5)21-12-18(13-21)17-8-15(4)7-16(9-17)14(2)3/h7-9,14,18-21H,6,10-13H2,1-5H3,(H,24,27)/t18-,19-,20+,21+. The molecule has 5 nitrogen and oxygen atoms in total. The average Bonchev–Trinajstić information content (AvgIpc) is 2.55. The van der Waals surface area contributed by atoms with Gasteiger partial charge < -0.3 is 15.0 Å². The molecule has 0 aliphatic heterocycles. The number of carbonyl (C=O) groups excluding carboxylic acids is 2. The Morgan fingerprint density at radius 3 is 2.46 bits per heavy atom. The molecule has 3 rings (SSSR count). The summed E-state index contributed by atoms with van der Waals surface area (Å²) in [5.41, 5.74) is 4.14. The van der Waals surface area contributed by atoms with E-state index in [4.69, 9.17) is 4.74 Å². The van der Waals surface area contributed by atoms with Crippen LogP contribution in [0.15, 0.2) is 18.2 Å². The fourth-order valence-corrected chi connectivity index (χ4v) is 4.33. The van der Waals surface area contributed by atoms with Gasteiger partial charge >= 0.3 is 6.09 Å². The number of rotatable bonds is 6. The van der Waals surface area contributed by atoms with E-state index in [0.29, 0.717) is 37.3 Å². The van der Waals surface area contributed by atoms with E-state index in [9.17, 15) is 9.59 Å². The Bertz CT molecular complexity index is 719. The molecule has 0 radical (unpaired) electrons. The lowest BCUT2D eigenvalue weighted by Crippen LogP contribution is -2.53. The van der Waals surface area contributed by atoms with E-state index in [1.807, 2.05) is 11.9 Å². The van der Waals surface area contributed by atoms with E-state index >= 15 is 0 Å². The van der Waals surface area contributed by atoms with Crippen LogP contribution in [0.25, 0.3) is 0 Å². The number of ether oxygens (including phenoxy) is 1. The number of hydrogen-bond acceptors (Lipinski definition) is 3. The molecule has 2 aliphatic carbocycles. The zero-order valence-electron chi connectivity index (χ0n) is 17.8. The van der Waals surface area contributed by atoms with Crippen molar-refractivity contribution in [2.24, 2.45) is 5.92 Å². The van der Waals surface area contributed by atoms with Crippen molar-refractivity contribution in [2.75, 3.05) is 13.7 Å². The predicted molar refractivity (Wildman–Crippen MR) is 110 cm³/mol. The molecular weight excluding hydrogens is 352 g/mol. The van der Waals surface area contributed by atoms with Gasteiger partial charge in [-0.25, -0.2) is 4.79 Å². The zero-order chi connectivity index (χ0) is 20.4. The fraction of sp³-hybridized carbons (Fsp3) is 0.652. The molecule has 2 saturated carbocycles. The molecule has 2 amide bonds. The Labute approximate surface area is 168 Å². The number of benzene rings is 1. The molecule has 0 bridgehead atoms. The Balaban J connectivity index is 1.47. The summed E-state index contributed by atoms with van der Waals surface area (Å²) in [6.45, 7) is 8.78. The number of aryl methyl sites for hydroxylation is 1. The maximum Gasteiger partial charge on any atom is 0.407 e. The Morgan fingerprint density at radius 2 is 1.86 bits per heavy atom. The summed E-state index contributed by atoms with van der Waals surface area (Å²) in [4.78, 5) is 26.1. The van der Waals surface area contributed by atoms with Crippen molar-refractivity contribution in [3.8, 4) is 0 Å². The van der Waals surface area contributed by atoms with Gasteiger partial charge in [0.2, 0.25) is 5.91 Å². The highest BCUT2D eigenvalue weighted by Crippen LogP contribution is 2.42. The molecular formula is C23H34N2O3. The van der Waals surface area contributed by atoms with Crippen LogP contribution in [0.5, 0.6) is 0 Å². The van der Waals surface area contributed by atoms with Gasteiger partial charge in [0.25, 0.3) is 0 Å².